The van der Waals surface area contributed by atoms with Gasteiger partial charge in [-0.2, -0.15) is 0 Å². The van der Waals surface area contributed by atoms with Crippen LogP contribution in [-0.2, 0) is 4.74 Å². The van der Waals surface area contributed by atoms with Crippen LogP contribution >= 0.6 is 0 Å². The van der Waals surface area contributed by atoms with Gasteiger partial charge in [-0.3, -0.25) is 0 Å². The van der Waals surface area contributed by atoms with E-state index in [1.165, 1.54) is 0 Å². The van der Waals surface area contributed by atoms with Gasteiger partial charge < -0.3 is 25.2 Å². The van der Waals surface area contributed by atoms with Crippen molar-refractivity contribution in [3.05, 3.63) is 0 Å². The Labute approximate surface area is 143 Å². The highest BCUT2D eigenvalue weighted by Crippen LogP contribution is 2.69. The summed E-state index contributed by atoms with van der Waals surface area (Å²) in [5.41, 5.74) is 5.72. The van der Waals surface area contributed by atoms with Gasteiger partial charge in [-0.15, -0.1) is 0 Å². The van der Waals surface area contributed by atoms with Crippen molar-refractivity contribution in [2.75, 3.05) is 32.7 Å². The molecule has 3 saturated carbocycles. The van der Waals surface area contributed by atoms with Gasteiger partial charge in [0.1, 0.15) is 5.60 Å². The standard InChI is InChI=1S/C17H28N4O3/c1-15(2,3)24-14(23)19-4-5-20-12(6-19)7-21(13(20)22)17-8-16(9-17,10-17)11-18/h12H,4-11,18H2,1-3H3/t12-,16?,17?/m0/s1. The van der Waals surface area contributed by atoms with Crippen molar-refractivity contribution in [2.45, 2.75) is 57.2 Å². The molecule has 2 bridgehead atoms. The van der Waals surface area contributed by atoms with Crippen LogP contribution < -0.4 is 5.73 Å². The molecule has 0 aromatic rings. The molecule has 3 aliphatic carbocycles. The van der Waals surface area contributed by atoms with Crippen molar-refractivity contribution in [2.24, 2.45) is 11.1 Å². The van der Waals surface area contributed by atoms with Crippen LogP contribution in [0.2, 0.25) is 0 Å². The number of carbonyl (C=O) groups excluding carboxylic acids is 2. The molecule has 0 unspecified atom stereocenters. The monoisotopic (exact) mass is 336 g/mol. The lowest BCUT2D eigenvalue weighted by Crippen LogP contribution is -2.76. The first kappa shape index (κ1) is 16.0. The molecule has 0 spiro atoms. The van der Waals surface area contributed by atoms with Crippen molar-refractivity contribution in [1.82, 2.24) is 14.7 Å². The average Bonchev–Trinajstić information content (AvgIpc) is 2.72. The van der Waals surface area contributed by atoms with Crippen LogP contribution in [0.1, 0.15) is 40.0 Å². The number of carbonyl (C=O) groups is 2. The molecule has 2 heterocycles. The lowest BCUT2D eigenvalue weighted by atomic mass is 9.39. The second-order valence-electron chi connectivity index (χ2n) is 9.13. The maximum Gasteiger partial charge on any atom is 0.410 e. The Hall–Kier alpha value is -1.50. The number of hydrogen-bond acceptors (Lipinski definition) is 4. The summed E-state index contributed by atoms with van der Waals surface area (Å²) < 4.78 is 5.47. The van der Waals surface area contributed by atoms with Gasteiger partial charge >= 0.3 is 12.1 Å². The lowest BCUT2D eigenvalue weighted by molar-refractivity contribution is -0.193. The summed E-state index contributed by atoms with van der Waals surface area (Å²) in [5, 5.41) is 0. The summed E-state index contributed by atoms with van der Waals surface area (Å²) in [7, 11) is 0. The third-order valence-electron chi connectivity index (χ3n) is 6.12. The zero-order valence-electron chi connectivity index (χ0n) is 14.9. The number of fused-ring (bicyclic) bond motifs is 1. The van der Waals surface area contributed by atoms with Crippen LogP contribution in [0.25, 0.3) is 0 Å². The third-order valence-corrected chi connectivity index (χ3v) is 6.12. The second-order valence-corrected chi connectivity index (χ2v) is 9.13. The fourth-order valence-electron chi connectivity index (χ4n) is 5.04. The molecule has 24 heavy (non-hydrogen) atoms. The zero-order chi connectivity index (χ0) is 17.3. The van der Waals surface area contributed by atoms with Gasteiger partial charge in [0, 0.05) is 31.7 Å². The topological polar surface area (TPSA) is 79.1 Å². The fraction of sp³-hybridized carbons (Fsp3) is 0.882. The van der Waals surface area contributed by atoms with Crippen LogP contribution in [0.5, 0.6) is 0 Å². The molecule has 1 atom stereocenters. The minimum Gasteiger partial charge on any atom is -0.444 e. The second kappa shape index (κ2) is 4.77. The first-order valence-electron chi connectivity index (χ1n) is 8.93. The van der Waals surface area contributed by atoms with Crippen LogP contribution in [0.3, 0.4) is 0 Å². The molecule has 2 aliphatic heterocycles. The van der Waals surface area contributed by atoms with Gasteiger partial charge in [0.25, 0.3) is 0 Å². The van der Waals surface area contributed by atoms with Crippen molar-refractivity contribution >= 4 is 12.1 Å². The molecular formula is C17H28N4O3. The van der Waals surface area contributed by atoms with Gasteiger partial charge in [-0.1, -0.05) is 0 Å². The van der Waals surface area contributed by atoms with E-state index in [4.69, 9.17) is 10.5 Å². The highest BCUT2D eigenvalue weighted by atomic mass is 16.6. The molecule has 0 radical (unpaired) electrons. The lowest BCUT2D eigenvalue weighted by Gasteiger charge is -2.73. The molecule has 7 nitrogen and oxygen atoms in total. The van der Waals surface area contributed by atoms with E-state index in [1.807, 2.05) is 25.7 Å². The molecule has 3 amide bonds. The van der Waals surface area contributed by atoms with Crippen molar-refractivity contribution in [3.63, 3.8) is 0 Å². The van der Waals surface area contributed by atoms with Gasteiger partial charge in [-0.25, -0.2) is 9.59 Å². The van der Waals surface area contributed by atoms with Crippen LogP contribution in [0.15, 0.2) is 0 Å². The van der Waals surface area contributed by atoms with Gasteiger partial charge in [0.05, 0.1) is 6.04 Å². The van der Waals surface area contributed by atoms with Crippen LogP contribution in [-0.4, -0.2) is 76.7 Å². The van der Waals surface area contributed by atoms with Crippen molar-refractivity contribution in [3.8, 4) is 0 Å². The predicted octanol–water partition coefficient (Wildman–Crippen LogP) is 1.22. The molecule has 2 N–H and O–H groups in total. The maximum absolute atomic E-state index is 12.8. The van der Waals surface area contributed by atoms with Gasteiger partial charge in [0.15, 0.2) is 0 Å². The fourth-order valence-corrected chi connectivity index (χ4v) is 5.04. The Morgan fingerprint density at radius 2 is 1.92 bits per heavy atom. The van der Waals surface area contributed by atoms with Gasteiger partial charge in [0.2, 0.25) is 0 Å². The summed E-state index contributed by atoms with van der Waals surface area (Å²) in [5.74, 6) is 0. The number of nitrogens with two attached hydrogens (primary N) is 1. The molecule has 134 valence electrons. The number of nitrogens with zero attached hydrogens (tertiary/aromatic N) is 3. The molecule has 0 aromatic carbocycles. The summed E-state index contributed by atoms with van der Waals surface area (Å²) in [6.45, 7) is 8.78. The largest absolute Gasteiger partial charge is 0.444 e. The predicted molar refractivity (Wildman–Crippen MR) is 88.5 cm³/mol. The van der Waals surface area contributed by atoms with Crippen LogP contribution in [0.4, 0.5) is 9.59 Å². The molecular weight excluding hydrogens is 308 g/mol. The van der Waals surface area contributed by atoms with E-state index < -0.39 is 5.60 Å². The summed E-state index contributed by atoms with van der Waals surface area (Å²) >= 11 is 0. The molecule has 2 saturated heterocycles. The first-order chi connectivity index (χ1) is 11.2. The number of ether oxygens (including phenoxy) is 1. The smallest absolute Gasteiger partial charge is 0.410 e. The van der Waals surface area contributed by atoms with E-state index in [9.17, 15) is 9.59 Å². The van der Waals surface area contributed by atoms with Crippen LogP contribution in [0, 0.1) is 5.41 Å². The van der Waals surface area contributed by atoms with Crippen molar-refractivity contribution < 1.29 is 14.3 Å². The van der Waals surface area contributed by atoms with E-state index in [2.05, 4.69) is 4.90 Å². The highest BCUT2D eigenvalue weighted by Gasteiger charge is 2.71. The van der Waals surface area contributed by atoms with E-state index in [-0.39, 0.29) is 23.7 Å². The first-order valence-corrected chi connectivity index (χ1v) is 8.93. The number of rotatable bonds is 2. The Kier molecular flexibility index (Phi) is 3.18. The minimum absolute atomic E-state index is 0.0601. The molecule has 5 aliphatic rings. The van der Waals surface area contributed by atoms with E-state index in [0.29, 0.717) is 25.0 Å². The van der Waals surface area contributed by atoms with E-state index in [0.717, 1.165) is 32.4 Å². The Balaban J connectivity index is 1.40. The molecule has 5 fully saturated rings. The molecule has 7 heteroatoms. The number of hydrogen-bond donors (Lipinski definition) is 1. The van der Waals surface area contributed by atoms with Crippen molar-refractivity contribution in [1.29, 1.82) is 0 Å². The summed E-state index contributed by atoms with van der Waals surface area (Å²) in [6, 6.07) is 0.232. The maximum atomic E-state index is 12.8. The normalized spacial score (nSPS) is 37.8. The minimum atomic E-state index is -0.492. The number of urea groups is 1. The quantitative estimate of drug-likeness (QED) is 0.822. The zero-order valence-corrected chi connectivity index (χ0v) is 14.9. The number of amides is 3. The van der Waals surface area contributed by atoms with Gasteiger partial charge in [-0.05, 0) is 52.0 Å². The number of piperazine rings is 1. The third kappa shape index (κ3) is 2.20. The average molecular weight is 336 g/mol. The summed E-state index contributed by atoms with van der Waals surface area (Å²) in [6.07, 6.45) is 2.89. The molecule has 0 aromatic heterocycles. The van der Waals surface area contributed by atoms with E-state index in [1.54, 1.807) is 4.90 Å². The SMILES string of the molecule is CC(C)(C)OC(=O)N1CCN2C(=O)N(C34CC(CN)(C3)C4)C[C@@H]2C1. The Morgan fingerprint density at radius 3 is 2.50 bits per heavy atom. The Morgan fingerprint density at radius 1 is 1.25 bits per heavy atom. The molecule has 5 rings (SSSR count). The van der Waals surface area contributed by atoms with E-state index >= 15 is 0 Å². The highest BCUT2D eigenvalue weighted by molar-refractivity contribution is 5.80. The summed E-state index contributed by atoms with van der Waals surface area (Å²) in [4.78, 5) is 30.8. The Bertz CT molecular complexity index is 565.